The van der Waals surface area contributed by atoms with Gasteiger partial charge in [-0.05, 0) is 12.1 Å². The number of fused-ring (bicyclic) bond motifs is 1. The summed E-state index contributed by atoms with van der Waals surface area (Å²) in [7, 11) is 1.64. The van der Waals surface area contributed by atoms with E-state index in [0.717, 1.165) is 0 Å². The van der Waals surface area contributed by atoms with Crippen LogP contribution in [0, 0.1) is 0 Å². The lowest BCUT2D eigenvalue weighted by molar-refractivity contribution is -0.158. The number of piperazine rings is 2. The van der Waals surface area contributed by atoms with Gasteiger partial charge in [0, 0.05) is 32.2 Å². The topological polar surface area (TPSA) is 120 Å². The van der Waals surface area contributed by atoms with E-state index in [9.17, 15) is 14.4 Å². The molecule has 1 unspecified atom stereocenters. The van der Waals surface area contributed by atoms with Crippen LogP contribution in [0.4, 0.5) is 0 Å². The molecule has 0 aliphatic carbocycles. The molecule has 2 aromatic rings. The molecule has 2 saturated heterocycles. The van der Waals surface area contributed by atoms with Crippen molar-refractivity contribution in [3.8, 4) is 11.4 Å². The van der Waals surface area contributed by atoms with Crippen LogP contribution in [0.15, 0.2) is 28.8 Å². The Labute approximate surface area is 160 Å². The maximum absolute atomic E-state index is 12.4. The Morgan fingerprint density at radius 1 is 1.25 bits per heavy atom. The number of amides is 2. The summed E-state index contributed by atoms with van der Waals surface area (Å²) in [4.78, 5) is 44.9. The van der Waals surface area contributed by atoms with Crippen LogP contribution in [-0.2, 0) is 16.1 Å². The van der Waals surface area contributed by atoms with Crippen molar-refractivity contribution in [2.24, 2.45) is 0 Å². The Morgan fingerprint density at radius 2 is 2.00 bits per heavy atom. The van der Waals surface area contributed by atoms with Crippen LogP contribution >= 0.6 is 0 Å². The number of hydrogen-bond acceptors (Lipinski definition) is 7. The van der Waals surface area contributed by atoms with E-state index in [1.807, 2.05) is 4.90 Å². The van der Waals surface area contributed by atoms with Crippen molar-refractivity contribution in [2.75, 3.05) is 33.2 Å². The summed E-state index contributed by atoms with van der Waals surface area (Å²) in [6.07, 6.45) is 0. The summed E-state index contributed by atoms with van der Waals surface area (Å²) < 4.78 is 5.31. The van der Waals surface area contributed by atoms with Gasteiger partial charge >= 0.3 is 5.97 Å². The van der Waals surface area contributed by atoms with E-state index < -0.39 is 12.0 Å². The van der Waals surface area contributed by atoms with E-state index in [2.05, 4.69) is 10.1 Å². The van der Waals surface area contributed by atoms with Crippen LogP contribution < -0.4 is 0 Å². The van der Waals surface area contributed by atoms with Crippen molar-refractivity contribution in [2.45, 2.75) is 12.6 Å². The lowest BCUT2D eigenvalue weighted by Gasteiger charge is -2.44. The second kappa shape index (κ2) is 7.04. The lowest BCUT2D eigenvalue weighted by Crippen LogP contribution is -2.65. The lowest BCUT2D eigenvalue weighted by atomic mass is 10.1. The van der Waals surface area contributed by atoms with Gasteiger partial charge in [0.05, 0.1) is 18.7 Å². The predicted molar refractivity (Wildman–Crippen MR) is 95.1 cm³/mol. The second-order valence-electron chi connectivity index (χ2n) is 6.93. The normalized spacial score (nSPS) is 20.4. The van der Waals surface area contributed by atoms with Crippen molar-refractivity contribution < 1.29 is 24.0 Å². The molecule has 4 rings (SSSR count). The number of aromatic carboxylic acids is 1. The number of likely N-dealkylation sites (N-methyl/N-ethyl adjacent to an activating group) is 1. The minimum atomic E-state index is -0.999. The molecule has 10 heteroatoms. The van der Waals surface area contributed by atoms with E-state index in [0.29, 0.717) is 43.5 Å². The molecule has 2 aliphatic rings. The third-order valence-electron chi connectivity index (χ3n) is 5.04. The number of carbonyl (C=O) groups excluding carboxylic acids is 2. The van der Waals surface area contributed by atoms with Gasteiger partial charge in [-0.25, -0.2) is 4.79 Å². The van der Waals surface area contributed by atoms with Gasteiger partial charge in [0.2, 0.25) is 23.5 Å². The molecule has 0 bridgehead atoms. The van der Waals surface area contributed by atoms with E-state index in [1.165, 1.54) is 17.0 Å². The molecule has 146 valence electrons. The Morgan fingerprint density at radius 3 is 2.71 bits per heavy atom. The van der Waals surface area contributed by atoms with Crippen molar-refractivity contribution in [3.05, 3.63) is 35.7 Å². The van der Waals surface area contributed by atoms with Gasteiger partial charge in [-0.2, -0.15) is 4.98 Å². The largest absolute Gasteiger partial charge is 0.478 e. The Bertz CT molecular complexity index is 925. The maximum Gasteiger partial charge on any atom is 0.335 e. The minimum absolute atomic E-state index is 0.0309. The van der Waals surface area contributed by atoms with Crippen molar-refractivity contribution >= 4 is 17.8 Å². The molecular weight excluding hydrogens is 366 g/mol. The molecule has 0 saturated carbocycles. The molecule has 10 nitrogen and oxygen atoms in total. The number of carboxylic acid groups (broad SMARTS) is 1. The second-order valence-corrected chi connectivity index (χ2v) is 6.93. The van der Waals surface area contributed by atoms with Crippen molar-refractivity contribution in [1.82, 2.24) is 24.8 Å². The zero-order chi connectivity index (χ0) is 19.8. The smallest absolute Gasteiger partial charge is 0.335 e. The number of rotatable bonds is 4. The first kappa shape index (κ1) is 18.1. The molecule has 2 aliphatic heterocycles. The molecule has 1 atom stereocenters. The van der Waals surface area contributed by atoms with Crippen LogP contribution in [0.1, 0.15) is 16.2 Å². The SMILES string of the molecule is CN1CC(=O)N2CCN(Cc3nc(-c4ccc(C(=O)O)cc4)no3)CC2C1=O. The highest BCUT2D eigenvalue weighted by Crippen LogP contribution is 2.20. The Balaban J connectivity index is 1.43. The van der Waals surface area contributed by atoms with Gasteiger partial charge in [0.1, 0.15) is 6.04 Å². The highest BCUT2D eigenvalue weighted by atomic mass is 16.5. The zero-order valence-electron chi connectivity index (χ0n) is 15.2. The fourth-order valence-electron chi connectivity index (χ4n) is 3.51. The molecule has 1 aromatic carbocycles. The summed E-state index contributed by atoms with van der Waals surface area (Å²) in [5, 5.41) is 12.9. The Hall–Kier alpha value is -3.27. The number of carboxylic acids is 1. The van der Waals surface area contributed by atoms with Crippen LogP contribution in [0.5, 0.6) is 0 Å². The van der Waals surface area contributed by atoms with E-state index in [1.54, 1.807) is 24.1 Å². The molecule has 1 N–H and O–H groups in total. The highest BCUT2D eigenvalue weighted by Gasteiger charge is 2.41. The summed E-state index contributed by atoms with van der Waals surface area (Å²) >= 11 is 0. The van der Waals surface area contributed by atoms with Crippen LogP contribution in [0.25, 0.3) is 11.4 Å². The number of carbonyl (C=O) groups is 3. The monoisotopic (exact) mass is 385 g/mol. The fourth-order valence-corrected chi connectivity index (χ4v) is 3.51. The minimum Gasteiger partial charge on any atom is -0.478 e. The zero-order valence-corrected chi connectivity index (χ0v) is 15.2. The summed E-state index contributed by atoms with van der Waals surface area (Å²) in [6.45, 7) is 2.02. The van der Waals surface area contributed by atoms with Gasteiger partial charge in [-0.15, -0.1) is 0 Å². The first-order valence-corrected chi connectivity index (χ1v) is 8.85. The third-order valence-corrected chi connectivity index (χ3v) is 5.04. The molecule has 0 radical (unpaired) electrons. The first-order valence-electron chi connectivity index (χ1n) is 8.85. The van der Waals surface area contributed by atoms with E-state index >= 15 is 0 Å². The summed E-state index contributed by atoms with van der Waals surface area (Å²) in [5.74, 6) is -0.325. The number of hydrogen-bond donors (Lipinski definition) is 1. The summed E-state index contributed by atoms with van der Waals surface area (Å²) in [5.41, 5.74) is 0.835. The predicted octanol–water partition coefficient (Wildman–Crippen LogP) is -0.0804. The highest BCUT2D eigenvalue weighted by molar-refractivity contribution is 5.95. The molecule has 28 heavy (non-hydrogen) atoms. The van der Waals surface area contributed by atoms with Crippen LogP contribution in [0.3, 0.4) is 0 Å². The molecule has 0 spiro atoms. The average Bonchev–Trinajstić information content (AvgIpc) is 3.14. The molecule has 1 aromatic heterocycles. The van der Waals surface area contributed by atoms with E-state index in [4.69, 9.17) is 9.63 Å². The Kier molecular flexibility index (Phi) is 4.55. The van der Waals surface area contributed by atoms with Crippen molar-refractivity contribution in [3.63, 3.8) is 0 Å². The van der Waals surface area contributed by atoms with Gasteiger partial charge in [-0.3, -0.25) is 14.5 Å². The quantitative estimate of drug-likeness (QED) is 0.776. The van der Waals surface area contributed by atoms with Gasteiger partial charge in [0.15, 0.2) is 0 Å². The summed E-state index contributed by atoms with van der Waals surface area (Å²) in [6, 6.07) is 5.73. The number of benzene rings is 1. The standard InChI is InChI=1S/C18H19N5O5/c1-21-10-15(24)23-7-6-22(8-13(23)17(21)25)9-14-19-16(20-28-14)11-2-4-12(5-3-11)18(26)27/h2-5,13H,6-10H2,1H3,(H,26,27). The average molecular weight is 385 g/mol. The van der Waals surface area contributed by atoms with Crippen molar-refractivity contribution in [1.29, 1.82) is 0 Å². The molecule has 2 amide bonds. The first-order chi connectivity index (χ1) is 13.4. The maximum atomic E-state index is 12.4. The van der Waals surface area contributed by atoms with Crippen LogP contribution in [-0.4, -0.2) is 87.0 Å². The van der Waals surface area contributed by atoms with Gasteiger partial charge in [0.25, 0.3) is 0 Å². The molecule has 2 fully saturated rings. The fraction of sp³-hybridized carbons (Fsp3) is 0.389. The van der Waals surface area contributed by atoms with Gasteiger partial charge < -0.3 is 19.4 Å². The molecule has 3 heterocycles. The molecular formula is C18H19N5O5. The van der Waals surface area contributed by atoms with Gasteiger partial charge in [-0.1, -0.05) is 17.3 Å². The number of aromatic nitrogens is 2. The van der Waals surface area contributed by atoms with E-state index in [-0.39, 0.29) is 23.9 Å². The number of nitrogens with zero attached hydrogens (tertiary/aromatic N) is 5. The van der Waals surface area contributed by atoms with Crippen LogP contribution in [0.2, 0.25) is 0 Å². The third kappa shape index (κ3) is 3.33.